The van der Waals surface area contributed by atoms with Gasteiger partial charge in [-0.25, -0.2) is 9.78 Å². The molecule has 1 atom stereocenters. The van der Waals surface area contributed by atoms with Crippen LogP contribution in [0.4, 0.5) is 5.82 Å². The molecule has 0 amide bonds. The second-order valence-electron chi connectivity index (χ2n) is 7.64. The molecule has 0 N–H and O–H groups in total. The number of pyridine rings is 1. The molecule has 1 saturated heterocycles. The van der Waals surface area contributed by atoms with Crippen LogP contribution in [0.3, 0.4) is 0 Å². The number of likely N-dealkylation sites (N-methyl/N-ethyl adjacent to an activating group) is 1. The van der Waals surface area contributed by atoms with Gasteiger partial charge < -0.3 is 9.64 Å². The number of ether oxygens (including phenoxy) is 1. The zero-order valence-electron chi connectivity index (χ0n) is 17.4. The van der Waals surface area contributed by atoms with E-state index >= 15 is 0 Å². The molecule has 29 heavy (non-hydrogen) atoms. The number of hydrogen-bond donors (Lipinski definition) is 0. The van der Waals surface area contributed by atoms with E-state index in [4.69, 9.17) is 4.74 Å². The number of esters is 1. The minimum atomic E-state index is -0.325. The van der Waals surface area contributed by atoms with Crippen molar-refractivity contribution in [2.45, 2.75) is 45.9 Å². The Balaban J connectivity index is 1.70. The van der Waals surface area contributed by atoms with Crippen molar-refractivity contribution in [1.29, 1.82) is 0 Å². The van der Waals surface area contributed by atoms with E-state index in [1.165, 1.54) is 5.56 Å². The maximum absolute atomic E-state index is 12.5. The molecule has 1 unspecified atom stereocenters. The van der Waals surface area contributed by atoms with Crippen LogP contribution in [0, 0.1) is 0 Å². The van der Waals surface area contributed by atoms with Gasteiger partial charge in [-0.15, -0.1) is 0 Å². The molecule has 3 rings (SSSR count). The Kier molecular flexibility index (Phi) is 6.99. The van der Waals surface area contributed by atoms with E-state index in [-0.39, 0.29) is 12.1 Å². The summed E-state index contributed by atoms with van der Waals surface area (Å²) < 4.78 is 5.39. The third kappa shape index (κ3) is 5.21. The number of benzene rings is 1. The van der Waals surface area contributed by atoms with Crippen LogP contribution in [-0.2, 0) is 11.3 Å². The number of rotatable bonds is 8. The molecule has 154 valence electrons. The molecule has 1 aromatic carbocycles. The van der Waals surface area contributed by atoms with Crippen molar-refractivity contribution < 1.29 is 14.3 Å². The predicted molar refractivity (Wildman–Crippen MR) is 113 cm³/mol. The summed E-state index contributed by atoms with van der Waals surface area (Å²) in [6.45, 7) is 9.29. The first-order valence-corrected chi connectivity index (χ1v) is 10.2. The van der Waals surface area contributed by atoms with Crippen molar-refractivity contribution >= 4 is 18.1 Å². The summed E-state index contributed by atoms with van der Waals surface area (Å²) >= 11 is 0. The summed E-state index contributed by atoms with van der Waals surface area (Å²) in [7, 11) is 0. The quantitative estimate of drug-likeness (QED) is 0.503. The Labute approximate surface area is 172 Å². The van der Waals surface area contributed by atoms with Gasteiger partial charge in [0.2, 0.25) is 0 Å². The normalized spacial score (nSPS) is 16.4. The molecule has 6 nitrogen and oxygen atoms in total. The van der Waals surface area contributed by atoms with Gasteiger partial charge in [-0.2, -0.15) is 0 Å². The molecule has 1 aromatic heterocycles. The molecule has 1 aliphatic heterocycles. The lowest BCUT2D eigenvalue weighted by molar-refractivity contribution is 0.0378. The van der Waals surface area contributed by atoms with Gasteiger partial charge in [-0.3, -0.25) is 9.69 Å². The molecule has 0 spiro atoms. The van der Waals surface area contributed by atoms with Crippen LogP contribution in [0.5, 0.6) is 0 Å². The van der Waals surface area contributed by atoms with E-state index in [2.05, 4.69) is 21.7 Å². The molecule has 2 aromatic rings. The second kappa shape index (κ2) is 9.65. The van der Waals surface area contributed by atoms with E-state index < -0.39 is 0 Å². The Morgan fingerprint density at radius 3 is 2.72 bits per heavy atom. The van der Waals surface area contributed by atoms with Crippen molar-refractivity contribution in [1.82, 2.24) is 9.88 Å². The number of nitrogens with zero attached hydrogens (tertiary/aromatic N) is 3. The average molecular weight is 396 g/mol. The van der Waals surface area contributed by atoms with E-state index in [0.717, 1.165) is 38.9 Å². The monoisotopic (exact) mass is 395 g/mol. The van der Waals surface area contributed by atoms with Crippen molar-refractivity contribution in [2.24, 2.45) is 0 Å². The van der Waals surface area contributed by atoms with Crippen LogP contribution in [0.25, 0.3) is 0 Å². The fourth-order valence-electron chi connectivity index (χ4n) is 3.75. The van der Waals surface area contributed by atoms with Crippen molar-refractivity contribution in [3.05, 3.63) is 59.3 Å². The molecule has 1 fully saturated rings. The zero-order chi connectivity index (χ0) is 20.8. The van der Waals surface area contributed by atoms with Crippen molar-refractivity contribution in [3.8, 4) is 0 Å². The number of carbonyl (C=O) groups excluding carboxylic acids is 2. The van der Waals surface area contributed by atoms with Gasteiger partial charge >= 0.3 is 5.97 Å². The highest BCUT2D eigenvalue weighted by Crippen LogP contribution is 2.26. The number of aromatic nitrogens is 1. The maximum atomic E-state index is 12.5. The van der Waals surface area contributed by atoms with Crippen LogP contribution < -0.4 is 4.90 Å². The zero-order valence-corrected chi connectivity index (χ0v) is 17.4. The first-order chi connectivity index (χ1) is 14.0. The highest BCUT2D eigenvalue weighted by Gasteiger charge is 2.30. The minimum Gasteiger partial charge on any atom is -0.459 e. The maximum Gasteiger partial charge on any atom is 0.342 e. The molecule has 0 bridgehead atoms. The van der Waals surface area contributed by atoms with Gasteiger partial charge in [0.15, 0.2) is 0 Å². The van der Waals surface area contributed by atoms with Gasteiger partial charge in [-0.05, 0) is 44.5 Å². The average Bonchev–Trinajstić information content (AvgIpc) is 3.22. The number of anilines is 1. The molecular weight excluding hydrogens is 366 g/mol. The van der Waals surface area contributed by atoms with Crippen molar-refractivity contribution in [3.63, 3.8) is 0 Å². The lowest BCUT2D eigenvalue weighted by atomic mass is 10.1. The lowest BCUT2D eigenvalue weighted by Gasteiger charge is -2.28. The highest BCUT2D eigenvalue weighted by atomic mass is 16.5. The van der Waals surface area contributed by atoms with Gasteiger partial charge in [0, 0.05) is 37.4 Å². The third-order valence-electron chi connectivity index (χ3n) is 5.24. The summed E-state index contributed by atoms with van der Waals surface area (Å²) in [6, 6.07) is 11.7. The second-order valence-corrected chi connectivity index (χ2v) is 7.64. The van der Waals surface area contributed by atoms with E-state index in [0.29, 0.717) is 23.0 Å². The molecule has 2 heterocycles. The number of hydrogen-bond acceptors (Lipinski definition) is 6. The van der Waals surface area contributed by atoms with E-state index in [9.17, 15) is 9.59 Å². The summed E-state index contributed by atoms with van der Waals surface area (Å²) in [4.78, 5) is 32.4. The van der Waals surface area contributed by atoms with Crippen LogP contribution in [0.15, 0.2) is 42.6 Å². The minimum absolute atomic E-state index is 0.164. The molecular formula is C23H29N3O3. The van der Waals surface area contributed by atoms with Crippen molar-refractivity contribution in [2.75, 3.05) is 24.5 Å². The summed E-state index contributed by atoms with van der Waals surface area (Å²) in [5.41, 5.74) is 2.41. The first kappa shape index (κ1) is 21.0. The van der Waals surface area contributed by atoms with Gasteiger partial charge in [0.1, 0.15) is 17.7 Å². The van der Waals surface area contributed by atoms with Crippen LogP contribution in [-0.4, -0.2) is 53.9 Å². The fourth-order valence-corrected chi connectivity index (χ4v) is 3.75. The van der Waals surface area contributed by atoms with Gasteiger partial charge in [0.05, 0.1) is 6.10 Å². The smallest absolute Gasteiger partial charge is 0.342 e. The van der Waals surface area contributed by atoms with Crippen LogP contribution in [0.1, 0.15) is 53.5 Å². The predicted octanol–water partition coefficient (Wildman–Crippen LogP) is 3.56. The third-order valence-corrected chi connectivity index (χ3v) is 5.24. The van der Waals surface area contributed by atoms with Crippen LogP contribution >= 0.6 is 0 Å². The Hall–Kier alpha value is -2.73. The van der Waals surface area contributed by atoms with Gasteiger partial charge in [-0.1, -0.05) is 31.2 Å². The molecule has 1 aliphatic rings. The summed E-state index contributed by atoms with van der Waals surface area (Å²) in [5, 5.41) is 0. The molecule has 0 saturated carbocycles. The molecule has 0 aliphatic carbocycles. The molecule has 6 heteroatoms. The Morgan fingerprint density at radius 2 is 2.07 bits per heavy atom. The molecule has 0 radical (unpaired) electrons. The lowest BCUT2D eigenvalue weighted by Crippen LogP contribution is -2.37. The standard InChI is InChI=1S/C23H29N3O3/c1-4-25(14-18-7-9-19(16-27)10-8-18)20-11-13-26(15-20)22-21(6-5-12-24-22)23(28)29-17(2)3/h5-10,12,16-17,20H,4,11,13-15H2,1-3H3. The van der Waals surface area contributed by atoms with Crippen LogP contribution in [0.2, 0.25) is 0 Å². The Bertz CT molecular complexity index is 836. The summed E-state index contributed by atoms with van der Waals surface area (Å²) in [5.74, 6) is 0.376. The van der Waals surface area contributed by atoms with E-state index in [1.54, 1.807) is 18.3 Å². The number of carbonyl (C=O) groups is 2. The fraction of sp³-hybridized carbons (Fsp3) is 0.435. The first-order valence-electron chi connectivity index (χ1n) is 10.2. The summed E-state index contributed by atoms with van der Waals surface area (Å²) in [6.07, 6.45) is 3.43. The SMILES string of the molecule is CCN(Cc1ccc(C=O)cc1)C1CCN(c2ncccc2C(=O)OC(C)C)C1. The van der Waals surface area contributed by atoms with E-state index in [1.807, 2.05) is 38.1 Å². The highest BCUT2D eigenvalue weighted by molar-refractivity contribution is 5.95. The topological polar surface area (TPSA) is 62.7 Å². The largest absolute Gasteiger partial charge is 0.459 e. The Morgan fingerprint density at radius 1 is 1.31 bits per heavy atom. The number of aldehydes is 1. The van der Waals surface area contributed by atoms with Gasteiger partial charge in [0.25, 0.3) is 0 Å².